The third-order valence-corrected chi connectivity index (χ3v) is 4.25. The minimum Gasteiger partial charge on any atom is -0.389 e. The highest BCUT2D eigenvalue weighted by Crippen LogP contribution is 2.23. The smallest absolute Gasteiger partial charge is 0.256 e. The Morgan fingerprint density at radius 3 is 2.62 bits per heavy atom. The van der Waals surface area contributed by atoms with Crippen LogP contribution in [0.25, 0.3) is 0 Å². The summed E-state index contributed by atoms with van der Waals surface area (Å²) in [5, 5.41) is 2.70. The molecular formula is C14H9BrFIN2OS. The lowest BCUT2D eigenvalue weighted by Gasteiger charge is -2.11. The molecule has 0 aromatic heterocycles. The van der Waals surface area contributed by atoms with E-state index in [9.17, 15) is 9.18 Å². The van der Waals surface area contributed by atoms with Crippen molar-refractivity contribution in [2.45, 2.75) is 0 Å². The molecule has 108 valence electrons. The second-order valence-corrected chi connectivity index (χ2v) is 6.67. The van der Waals surface area contributed by atoms with Gasteiger partial charge in [-0.15, -0.1) is 0 Å². The lowest BCUT2D eigenvalue weighted by molar-refractivity contribution is 0.102. The number of carbonyl (C=O) groups is 1. The first-order valence-electron chi connectivity index (χ1n) is 5.74. The molecule has 0 radical (unpaired) electrons. The summed E-state index contributed by atoms with van der Waals surface area (Å²) in [6, 6.07) is 9.27. The number of hydrogen-bond donors (Lipinski definition) is 2. The Morgan fingerprint density at radius 1 is 1.24 bits per heavy atom. The van der Waals surface area contributed by atoms with Crippen molar-refractivity contribution in [1.82, 2.24) is 0 Å². The first-order valence-corrected chi connectivity index (χ1v) is 8.02. The van der Waals surface area contributed by atoms with Crippen LogP contribution in [0.5, 0.6) is 0 Å². The number of benzene rings is 2. The zero-order valence-electron chi connectivity index (χ0n) is 10.5. The molecule has 0 aliphatic heterocycles. The van der Waals surface area contributed by atoms with Crippen LogP contribution in [0.4, 0.5) is 10.1 Å². The van der Waals surface area contributed by atoms with Gasteiger partial charge in [-0.25, -0.2) is 4.39 Å². The topological polar surface area (TPSA) is 55.1 Å². The molecule has 0 saturated carbocycles. The van der Waals surface area contributed by atoms with E-state index in [2.05, 4.69) is 43.8 Å². The quantitative estimate of drug-likeness (QED) is 0.516. The summed E-state index contributed by atoms with van der Waals surface area (Å²) in [5.41, 5.74) is 6.69. The Balaban J connectivity index is 2.36. The first-order chi connectivity index (χ1) is 9.88. The zero-order chi connectivity index (χ0) is 15.6. The average Bonchev–Trinajstić information content (AvgIpc) is 2.43. The van der Waals surface area contributed by atoms with Gasteiger partial charge in [-0.1, -0.05) is 12.2 Å². The summed E-state index contributed by atoms with van der Waals surface area (Å²) in [6.07, 6.45) is 0. The van der Waals surface area contributed by atoms with E-state index in [0.717, 1.165) is 3.57 Å². The van der Waals surface area contributed by atoms with Crippen LogP contribution in [0.3, 0.4) is 0 Å². The van der Waals surface area contributed by atoms with Gasteiger partial charge in [0.05, 0.1) is 11.3 Å². The van der Waals surface area contributed by atoms with Crippen LogP contribution >= 0.6 is 50.7 Å². The molecule has 0 atom stereocenters. The number of rotatable bonds is 3. The number of anilines is 1. The highest BCUT2D eigenvalue weighted by Gasteiger charge is 2.14. The number of nitrogens with one attached hydrogen (secondary N) is 1. The van der Waals surface area contributed by atoms with Gasteiger partial charge in [-0.05, 0) is 74.9 Å². The van der Waals surface area contributed by atoms with E-state index < -0.39 is 5.82 Å². The summed E-state index contributed by atoms with van der Waals surface area (Å²) in [5.74, 6) is -0.796. The van der Waals surface area contributed by atoms with Crippen molar-refractivity contribution in [1.29, 1.82) is 0 Å². The maximum atomic E-state index is 13.2. The van der Waals surface area contributed by atoms with Crippen molar-refractivity contribution < 1.29 is 9.18 Å². The predicted molar refractivity (Wildman–Crippen MR) is 97.1 cm³/mol. The normalized spacial score (nSPS) is 10.2. The molecule has 0 fully saturated rings. The Bertz CT molecular complexity index is 739. The third-order valence-electron chi connectivity index (χ3n) is 2.67. The minimum absolute atomic E-state index is 0.0199. The summed E-state index contributed by atoms with van der Waals surface area (Å²) < 4.78 is 14.8. The molecule has 2 aromatic carbocycles. The number of amides is 1. The molecular weight excluding hydrogens is 470 g/mol. The third kappa shape index (κ3) is 3.98. The molecule has 2 rings (SSSR count). The first kappa shape index (κ1) is 16.3. The summed E-state index contributed by atoms with van der Waals surface area (Å²) in [4.78, 5) is 12.3. The summed E-state index contributed by atoms with van der Waals surface area (Å²) in [6.45, 7) is 0. The van der Waals surface area contributed by atoms with Crippen molar-refractivity contribution in [3.8, 4) is 0 Å². The summed E-state index contributed by atoms with van der Waals surface area (Å²) >= 11 is 10.3. The molecule has 3 nitrogen and oxygen atoms in total. The maximum absolute atomic E-state index is 13.2. The van der Waals surface area contributed by atoms with Crippen LogP contribution in [-0.2, 0) is 0 Å². The molecule has 1 amide bonds. The van der Waals surface area contributed by atoms with E-state index in [1.165, 1.54) is 18.2 Å². The van der Waals surface area contributed by atoms with Crippen molar-refractivity contribution in [3.63, 3.8) is 0 Å². The van der Waals surface area contributed by atoms with Gasteiger partial charge in [0.15, 0.2) is 0 Å². The second-order valence-electron chi connectivity index (χ2n) is 4.13. The minimum atomic E-state index is -0.466. The number of nitrogens with two attached hydrogens (primary N) is 1. The van der Waals surface area contributed by atoms with Gasteiger partial charge in [-0.2, -0.15) is 0 Å². The summed E-state index contributed by atoms with van der Waals surface area (Å²) in [7, 11) is 0. The van der Waals surface area contributed by atoms with Crippen molar-refractivity contribution >= 4 is 67.3 Å². The van der Waals surface area contributed by atoms with Crippen LogP contribution in [0.1, 0.15) is 15.9 Å². The molecule has 0 unspecified atom stereocenters. The second kappa shape index (κ2) is 6.80. The molecule has 21 heavy (non-hydrogen) atoms. The van der Waals surface area contributed by atoms with E-state index >= 15 is 0 Å². The van der Waals surface area contributed by atoms with Crippen molar-refractivity contribution in [2.24, 2.45) is 5.73 Å². The molecule has 0 aliphatic carbocycles. The van der Waals surface area contributed by atoms with Gasteiger partial charge in [-0.3, -0.25) is 4.79 Å². The molecule has 0 heterocycles. The van der Waals surface area contributed by atoms with E-state index in [4.69, 9.17) is 18.0 Å². The SMILES string of the molecule is NC(=S)c1cc(F)ccc1NC(=O)c1cc(I)ccc1Br. The molecule has 7 heteroatoms. The molecule has 0 spiro atoms. The molecule has 0 saturated heterocycles. The molecule has 0 bridgehead atoms. The van der Waals surface area contributed by atoms with Gasteiger partial charge in [0.2, 0.25) is 0 Å². The highest BCUT2D eigenvalue weighted by atomic mass is 127. The van der Waals surface area contributed by atoms with Crippen molar-refractivity contribution in [2.75, 3.05) is 5.32 Å². The number of thiocarbonyl (C=S) groups is 1. The van der Waals surface area contributed by atoms with Crippen LogP contribution in [0.15, 0.2) is 40.9 Å². The Hall–Kier alpha value is -1.06. The fourth-order valence-electron chi connectivity index (χ4n) is 1.69. The lowest BCUT2D eigenvalue weighted by Crippen LogP contribution is -2.18. The molecule has 0 aliphatic rings. The lowest BCUT2D eigenvalue weighted by atomic mass is 10.1. The van der Waals surface area contributed by atoms with Crippen LogP contribution in [-0.4, -0.2) is 10.9 Å². The van der Waals surface area contributed by atoms with Crippen LogP contribution in [0.2, 0.25) is 0 Å². The monoisotopic (exact) mass is 478 g/mol. The average molecular weight is 479 g/mol. The van der Waals surface area contributed by atoms with Gasteiger partial charge >= 0.3 is 0 Å². The highest BCUT2D eigenvalue weighted by molar-refractivity contribution is 14.1. The van der Waals surface area contributed by atoms with E-state index in [1.54, 1.807) is 12.1 Å². The van der Waals surface area contributed by atoms with E-state index in [0.29, 0.717) is 21.3 Å². The van der Waals surface area contributed by atoms with Crippen LogP contribution in [0, 0.1) is 9.39 Å². The number of halogens is 3. The molecule has 2 aromatic rings. The van der Waals surface area contributed by atoms with Crippen molar-refractivity contribution in [3.05, 3.63) is 61.4 Å². The Morgan fingerprint density at radius 2 is 1.95 bits per heavy atom. The fraction of sp³-hybridized carbons (Fsp3) is 0. The number of hydrogen-bond acceptors (Lipinski definition) is 2. The van der Waals surface area contributed by atoms with Crippen LogP contribution < -0.4 is 11.1 Å². The zero-order valence-corrected chi connectivity index (χ0v) is 15.1. The number of carbonyl (C=O) groups excluding carboxylic acids is 1. The largest absolute Gasteiger partial charge is 0.389 e. The van der Waals surface area contributed by atoms with Gasteiger partial charge < -0.3 is 11.1 Å². The molecule has 3 N–H and O–H groups in total. The van der Waals surface area contributed by atoms with E-state index in [1.807, 2.05) is 6.07 Å². The Kier molecular flexibility index (Phi) is 5.28. The Labute approximate surface area is 148 Å². The fourth-order valence-corrected chi connectivity index (χ4v) is 2.78. The standard InChI is InChI=1S/C14H9BrFIN2OS/c15-11-3-2-8(17)6-9(11)14(20)19-12-4-1-7(16)5-10(12)13(18)21/h1-6H,(H2,18,21)(H,19,20). The predicted octanol–water partition coefficient (Wildman–Crippen LogP) is 4.08. The van der Waals surface area contributed by atoms with Gasteiger partial charge in [0, 0.05) is 13.6 Å². The van der Waals surface area contributed by atoms with Gasteiger partial charge in [0.1, 0.15) is 10.8 Å². The maximum Gasteiger partial charge on any atom is 0.256 e. The van der Waals surface area contributed by atoms with E-state index in [-0.39, 0.29) is 10.9 Å². The van der Waals surface area contributed by atoms with Gasteiger partial charge in [0.25, 0.3) is 5.91 Å².